The van der Waals surface area contributed by atoms with E-state index in [9.17, 15) is 14.0 Å². The van der Waals surface area contributed by atoms with E-state index in [1.165, 1.54) is 40.5 Å². The van der Waals surface area contributed by atoms with E-state index in [4.69, 9.17) is 0 Å². The fourth-order valence-corrected chi connectivity index (χ4v) is 6.97. The van der Waals surface area contributed by atoms with Crippen LogP contribution in [0.2, 0.25) is 0 Å². The molecule has 4 aliphatic carbocycles. The van der Waals surface area contributed by atoms with Gasteiger partial charge in [0.05, 0.1) is 0 Å². The second-order valence-electron chi connectivity index (χ2n) is 10.1. The van der Waals surface area contributed by atoms with E-state index in [-0.39, 0.29) is 29.5 Å². The Morgan fingerprint density at radius 1 is 1.03 bits per heavy atom. The zero-order valence-electron chi connectivity index (χ0n) is 18.0. The van der Waals surface area contributed by atoms with Gasteiger partial charge in [-0.3, -0.25) is 9.20 Å². The number of nitrogens with zero attached hydrogens (tertiary/aromatic N) is 4. The van der Waals surface area contributed by atoms with Gasteiger partial charge >= 0.3 is 5.69 Å². The van der Waals surface area contributed by atoms with Crippen molar-refractivity contribution in [1.82, 2.24) is 19.1 Å². The van der Waals surface area contributed by atoms with Crippen molar-refractivity contribution in [1.29, 1.82) is 0 Å². The average molecular weight is 435 g/mol. The van der Waals surface area contributed by atoms with E-state index in [0.717, 1.165) is 24.8 Å². The van der Waals surface area contributed by atoms with Crippen LogP contribution < -0.4 is 5.69 Å². The van der Waals surface area contributed by atoms with Crippen LogP contribution in [0.3, 0.4) is 0 Å². The monoisotopic (exact) mass is 434 g/mol. The fraction of sp³-hybridized carbons (Fsp3) is 0.480. The summed E-state index contributed by atoms with van der Waals surface area (Å²) in [4.78, 5) is 28.6. The Labute approximate surface area is 185 Å². The van der Waals surface area contributed by atoms with E-state index in [1.807, 2.05) is 11.0 Å². The van der Waals surface area contributed by atoms with Crippen molar-refractivity contribution in [3.05, 3.63) is 70.5 Å². The van der Waals surface area contributed by atoms with Crippen LogP contribution in [0, 0.1) is 23.6 Å². The number of hydrogen-bond donors (Lipinski definition) is 0. The summed E-state index contributed by atoms with van der Waals surface area (Å²) in [5, 5.41) is 4.37. The summed E-state index contributed by atoms with van der Waals surface area (Å²) in [7, 11) is 0. The van der Waals surface area contributed by atoms with E-state index < -0.39 is 0 Å². The molecule has 0 N–H and O–H groups in total. The zero-order valence-corrected chi connectivity index (χ0v) is 18.0. The van der Waals surface area contributed by atoms with Crippen molar-refractivity contribution in [2.24, 2.45) is 17.8 Å². The molecule has 166 valence electrons. The third kappa shape index (κ3) is 3.26. The van der Waals surface area contributed by atoms with Gasteiger partial charge in [-0.2, -0.15) is 0 Å². The molecule has 0 aliphatic heterocycles. The molecular weight excluding hydrogens is 407 g/mol. The van der Waals surface area contributed by atoms with Crippen molar-refractivity contribution < 1.29 is 9.18 Å². The van der Waals surface area contributed by atoms with Gasteiger partial charge in [-0.05, 0) is 86.1 Å². The lowest BCUT2D eigenvalue weighted by molar-refractivity contribution is -0.153. The highest BCUT2D eigenvalue weighted by atomic mass is 19.1. The summed E-state index contributed by atoms with van der Waals surface area (Å²) in [5.74, 6) is 1.69. The molecule has 1 amide bonds. The van der Waals surface area contributed by atoms with Crippen LogP contribution in [-0.4, -0.2) is 30.5 Å². The molecule has 2 heterocycles. The number of hydrogen-bond acceptors (Lipinski definition) is 3. The SMILES string of the molecule is O=C(Cn1nc2ccccn2c1=O)N(Cc1ccc(F)cc1)C12CC3CC(CC(C3)C1)C2. The molecule has 3 aromatic rings. The number of amides is 1. The minimum atomic E-state index is -0.304. The number of fused-ring (bicyclic) bond motifs is 1. The van der Waals surface area contributed by atoms with Crippen LogP contribution in [0.4, 0.5) is 4.39 Å². The number of halogens is 1. The maximum atomic E-state index is 13.8. The maximum absolute atomic E-state index is 13.8. The van der Waals surface area contributed by atoms with Crippen molar-refractivity contribution in [2.75, 3.05) is 0 Å². The first-order chi connectivity index (χ1) is 15.5. The molecule has 4 bridgehead atoms. The molecule has 0 radical (unpaired) electrons. The Morgan fingerprint density at radius 3 is 2.31 bits per heavy atom. The first kappa shape index (κ1) is 19.7. The van der Waals surface area contributed by atoms with Crippen molar-refractivity contribution in [3.8, 4) is 0 Å². The van der Waals surface area contributed by atoms with Crippen LogP contribution in [0.1, 0.15) is 44.1 Å². The number of aromatic nitrogens is 3. The van der Waals surface area contributed by atoms with Gasteiger partial charge in [-0.1, -0.05) is 18.2 Å². The highest BCUT2D eigenvalue weighted by Gasteiger charge is 2.54. The largest absolute Gasteiger partial charge is 0.350 e. The third-order valence-electron chi connectivity index (χ3n) is 7.91. The van der Waals surface area contributed by atoms with Gasteiger partial charge in [0.2, 0.25) is 5.91 Å². The Morgan fingerprint density at radius 2 is 1.69 bits per heavy atom. The second-order valence-corrected chi connectivity index (χ2v) is 10.1. The predicted octanol–water partition coefficient (Wildman–Crippen LogP) is 3.63. The minimum Gasteiger partial charge on any atom is -0.331 e. The molecule has 4 fully saturated rings. The number of carbonyl (C=O) groups excluding carboxylic acids is 1. The van der Waals surface area contributed by atoms with Crippen molar-refractivity contribution in [3.63, 3.8) is 0 Å². The summed E-state index contributed by atoms with van der Waals surface area (Å²) in [5.41, 5.74) is 0.979. The van der Waals surface area contributed by atoms with Crippen molar-refractivity contribution >= 4 is 11.6 Å². The molecule has 4 aliphatic rings. The van der Waals surface area contributed by atoms with E-state index in [2.05, 4.69) is 5.10 Å². The number of pyridine rings is 1. The molecule has 7 heteroatoms. The van der Waals surface area contributed by atoms with Gasteiger partial charge in [0.1, 0.15) is 12.4 Å². The lowest BCUT2D eigenvalue weighted by Gasteiger charge is -2.60. The van der Waals surface area contributed by atoms with Gasteiger partial charge < -0.3 is 4.90 Å². The summed E-state index contributed by atoms with van der Waals surface area (Å²) >= 11 is 0. The summed E-state index contributed by atoms with van der Waals surface area (Å²) in [6.07, 6.45) is 8.61. The van der Waals surface area contributed by atoms with E-state index >= 15 is 0 Å². The highest BCUT2D eigenvalue weighted by Crippen LogP contribution is 2.58. The Kier molecular flexibility index (Phi) is 4.49. The molecule has 2 aromatic heterocycles. The van der Waals surface area contributed by atoms with Gasteiger partial charge in [0, 0.05) is 18.3 Å². The van der Waals surface area contributed by atoms with E-state index in [0.29, 0.717) is 29.9 Å². The Bertz CT molecular complexity index is 1190. The van der Waals surface area contributed by atoms with Crippen LogP contribution in [0.5, 0.6) is 0 Å². The molecule has 0 saturated heterocycles. The molecular formula is C25H27FN4O2. The molecule has 0 atom stereocenters. The molecule has 1 aromatic carbocycles. The number of carbonyl (C=O) groups is 1. The fourth-order valence-electron chi connectivity index (χ4n) is 6.97. The topological polar surface area (TPSA) is 59.6 Å². The van der Waals surface area contributed by atoms with Crippen LogP contribution in [0.15, 0.2) is 53.5 Å². The molecule has 7 rings (SSSR count). The normalized spacial score (nSPS) is 28.3. The standard InChI is InChI=1S/C25H27FN4O2/c26-21-6-4-17(5-7-21)15-29(25-12-18-9-19(13-25)11-20(10-18)14-25)23(31)16-30-24(32)28-8-2-1-3-22(28)27-30/h1-8,18-20H,9-16H2. The van der Waals surface area contributed by atoms with E-state index in [1.54, 1.807) is 30.5 Å². The lowest BCUT2D eigenvalue weighted by atomic mass is 9.52. The first-order valence-electron chi connectivity index (χ1n) is 11.6. The van der Waals surface area contributed by atoms with Gasteiger partial charge in [0.15, 0.2) is 5.65 Å². The summed E-state index contributed by atoms with van der Waals surface area (Å²) in [6.45, 7) is 0.358. The molecule has 0 unspecified atom stereocenters. The summed E-state index contributed by atoms with van der Waals surface area (Å²) in [6, 6.07) is 11.8. The average Bonchev–Trinajstić information content (AvgIpc) is 3.07. The van der Waals surface area contributed by atoms with Gasteiger partial charge in [-0.15, -0.1) is 5.10 Å². The second kappa shape index (κ2) is 7.29. The predicted molar refractivity (Wildman–Crippen MR) is 117 cm³/mol. The molecule has 4 saturated carbocycles. The maximum Gasteiger partial charge on any atom is 0.350 e. The van der Waals surface area contributed by atoms with Crippen LogP contribution in [-0.2, 0) is 17.9 Å². The molecule has 6 nitrogen and oxygen atoms in total. The van der Waals surface area contributed by atoms with Gasteiger partial charge in [-0.25, -0.2) is 13.9 Å². The summed E-state index contributed by atoms with van der Waals surface area (Å²) < 4.78 is 16.2. The third-order valence-corrected chi connectivity index (χ3v) is 7.91. The minimum absolute atomic E-state index is 0.0799. The zero-order chi connectivity index (χ0) is 21.9. The highest BCUT2D eigenvalue weighted by molar-refractivity contribution is 5.77. The smallest absolute Gasteiger partial charge is 0.331 e. The van der Waals surface area contributed by atoms with Crippen LogP contribution in [0.25, 0.3) is 5.65 Å². The van der Waals surface area contributed by atoms with Crippen LogP contribution >= 0.6 is 0 Å². The number of rotatable bonds is 5. The van der Waals surface area contributed by atoms with Gasteiger partial charge in [0.25, 0.3) is 0 Å². The van der Waals surface area contributed by atoms with Crippen molar-refractivity contribution in [2.45, 2.75) is 57.2 Å². The lowest BCUT2D eigenvalue weighted by Crippen LogP contribution is -2.61. The number of benzene rings is 1. The quantitative estimate of drug-likeness (QED) is 0.616. The molecule has 0 spiro atoms. The Balaban J connectivity index is 1.35. The Hall–Kier alpha value is -2.96. The first-order valence-corrected chi connectivity index (χ1v) is 11.6. The molecule has 32 heavy (non-hydrogen) atoms.